The molecule has 0 bridgehead atoms. The molecule has 0 fully saturated rings. The van der Waals surface area contributed by atoms with Gasteiger partial charge in [0, 0.05) is 32.4 Å². The molecule has 0 aliphatic rings. The predicted molar refractivity (Wildman–Crippen MR) is 101 cm³/mol. The fourth-order valence-corrected chi connectivity index (χ4v) is 2.61. The number of rotatable bonds is 5. The molecule has 0 aliphatic heterocycles. The summed E-state index contributed by atoms with van der Waals surface area (Å²) >= 11 is 0. The Bertz CT molecular complexity index is 965. The van der Waals surface area contributed by atoms with E-state index >= 15 is 0 Å². The van der Waals surface area contributed by atoms with Gasteiger partial charge in [-0.1, -0.05) is 0 Å². The molecule has 7 nitrogen and oxygen atoms in total. The van der Waals surface area contributed by atoms with Gasteiger partial charge in [0.2, 0.25) is 5.95 Å². The number of aromatic nitrogens is 4. The molecule has 0 aliphatic carbocycles. The molecule has 3 aromatic rings. The topological polar surface area (TPSA) is 75.9 Å². The molecule has 2 aromatic heterocycles. The molecule has 3 rings (SSSR count). The van der Waals surface area contributed by atoms with E-state index in [1.165, 1.54) is 16.8 Å². The number of halogens is 1. The second-order valence-electron chi connectivity index (χ2n) is 6.42. The molecule has 1 amide bonds. The van der Waals surface area contributed by atoms with Gasteiger partial charge in [0.05, 0.1) is 17.9 Å². The van der Waals surface area contributed by atoms with Crippen molar-refractivity contribution in [2.45, 2.75) is 13.5 Å². The van der Waals surface area contributed by atoms with Crippen LogP contribution >= 0.6 is 0 Å². The Morgan fingerprint density at radius 2 is 1.89 bits per heavy atom. The van der Waals surface area contributed by atoms with Crippen LogP contribution in [-0.4, -0.2) is 39.8 Å². The van der Waals surface area contributed by atoms with Crippen LogP contribution in [-0.2, 0) is 13.6 Å². The van der Waals surface area contributed by atoms with Gasteiger partial charge in [-0.25, -0.2) is 14.4 Å². The Hall–Kier alpha value is -3.29. The first-order valence-corrected chi connectivity index (χ1v) is 8.43. The van der Waals surface area contributed by atoms with E-state index in [0.29, 0.717) is 17.3 Å². The number of hydrogen-bond acceptors (Lipinski definition) is 5. The summed E-state index contributed by atoms with van der Waals surface area (Å²) in [5, 5.41) is 7.19. The van der Waals surface area contributed by atoms with Crippen molar-refractivity contribution in [1.82, 2.24) is 25.1 Å². The van der Waals surface area contributed by atoms with E-state index in [9.17, 15) is 9.18 Å². The molecule has 0 atom stereocenters. The second kappa shape index (κ2) is 7.53. The fraction of sp³-hybridized carbons (Fsp3) is 0.263. The summed E-state index contributed by atoms with van der Waals surface area (Å²) in [6, 6.07) is 9.50. The van der Waals surface area contributed by atoms with Crippen molar-refractivity contribution in [1.29, 1.82) is 0 Å². The van der Waals surface area contributed by atoms with E-state index in [2.05, 4.69) is 20.4 Å². The highest BCUT2D eigenvalue weighted by molar-refractivity contribution is 5.93. The standard InChI is InChI=1S/C19H21FN6O/c1-12-9-15(23-19(22-12)25(2)3)11-21-18(27)17-10-16(24-26(17)4)13-5-7-14(20)8-6-13/h5-10H,11H2,1-4H3,(H,21,27). The number of carbonyl (C=O) groups excluding carboxylic acids is 1. The van der Waals surface area contributed by atoms with Gasteiger partial charge in [-0.3, -0.25) is 9.48 Å². The molecule has 2 heterocycles. The van der Waals surface area contributed by atoms with Crippen molar-refractivity contribution in [2.75, 3.05) is 19.0 Å². The smallest absolute Gasteiger partial charge is 0.269 e. The van der Waals surface area contributed by atoms with E-state index in [4.69, 9.17) is 0 Å². The van der Waals surface area contributed by atoms with Crippen LogP contribution in [0.4, 0.5) is 10.3 Å². The zero-order valence-electron chi connectivity index (χ0n) is 15.7. The third-order valence-electron chi connectivity index (χ3n) is 3.98. The maximum absolute atomic E-state index is 13.1. The quantitative estimate of drug-likeness (QED) is 0.748. The molecular formula is C19H21FN6O. The minimum atomic E-state index is -0.315. The lowest BCUT2D eigenvalue weighted by atomic mass is 10.1. The number of benzene rings is 1. The highest BCUT2D eigenvalue weighted by Gasteiger charge is 2.15. The summed E-state index contributed by atoms with van der Waals surface area (Å²) in [4.78, 5) is 23.1. The minimum Gasteiger partial charge on any atom is -0.347 e. The first kappa shape index (κ1) is 18.5. The van der Waals surface area contributed by atoms with Crippen molar-refractivity contribution < 1.29 is 9.18 Å². The van der Waals surface area contributed by atoms with Crippen molar-refractivity contribution in [3.8, 4) is 11.3 Å². The van der Waals surface area contributed by atoms with Crippen molar-refractivity contribution in [3.63, 3.8) is 0 Å². The first-order valence-electron chi connectivity index (χ1n) is 8.43. The van der Waals surface area contributed by atoms with Crippen LogP contribution in [0, 0.1) is 12.7 Å². The summed E-state index contributed by atoms with van der Waals surface area (Å²) in [6.07, 6.45) is 0. The first-order chi connectivity index (χ1) is 12.8. The molecule has 140 valence electrons. The van der Waals surface area contributed by atoms with Crippen molar-refractivity contribution in [3.05, 3.63) is 59.3 Å². The number of amides is 1. The highest BCUT2D eigenvalue weighted by Crippen LogP contribution is 2.19. The van der Waals surface area contributed by atoms with Crippen LogP contribution in [0.3, 0.4) is 0 Å². The van der Waals surface area contributed by atoms with Gasteiger partial charge in [0.25, 0.3) is 5.91 Å². The lowest BCUT2D eigenvalue weighted by Crippen LogP contribution is -2.26. The molecular weight excluding hydrogens is 347 g/mol. The maximum atomic E-state index is 13.1. The normalized spacial score (nSPS) is 10.7. The molecule has 8 heteroatoms. The summed E-state index contributed by atoms with van der Waals surface area (Å²) in [7, 11) is 5.43. The van der Waals surface area contributed by atoms with Gasteiger partial charge in [0.15, 0.2) is 0 Å². The van der Waals surface area contributed by atoms with Crippen LogP contribution < -0.4 is 10.2 Å². The van der Waals surface area contributed by atoms with E-state index in [0.717, 1.165) is 17.0 Å². The fourth-order valence-electron chi connectivity index (χ4n) is 2.61. The van der Waals surface area contributed by atoms with E-state index < -0.39 is 0 Å². The van der Waals surface area contributed by atoms with Gasteiger partial charge in [-0.2, -0.15) is 5.10 Å². The number of nitrogens with zero attached hydrogens (tertiary/aromatic N) is 5. The molecule has 0 unspecified atom stereocenters. The largest absolute Gasteiger partial charge is 0.347 e. The number of hydrogen-bond donors (Lipinski definition) is 1. The number of anilines is 1. The van der Waals surface area contributed by atoms with E-state index in [1.807, 2.05) is 32.0 Å². The molecule has 1 N–H and O–H groups in total. The van der Waals surface area contributed by atoms with Crippen LogP contribution in [0.15, 0.2) is 36.4 Å². The van der Waals surface area contributed by atoms with Gasteiger partial charge in [-0.05, 0) is 43.3 Å². The van der Waals surface area contributed by atoms with Gasteiger partial charge >= 0.3 is 0 Å². The van der Waals surface area contributed by atoms with Crippen LogP contribution in [0.1, 0.15) is 21.9 Å². The summed E-state index contributed by atoms with van der Waals surface area (Å²) in [5.74, 6) is 0.0179. The Labute approximate surface area is 156 Å². The van der Waals surface area contributed by atoms with E-state index in [-0.39, 0.29) is 18.3 Å². The highest BCUT2D eigenvalue weighted by atomic mass is 19.1. The maximum Gasteiger partial charge on any atom is 0.269 e. The van der Waals surface area contributed by atoms with Gasteiger partial charge < -0.3 is 10.2 Å². The molecule has 27 heavy (non-hydrogen) atoms. The van der Waals surface area contributed by atoms with Crippen LogP contribution in [0.25, 0.3) is 11.3 Å². The second-order valence-corrected chi connectivity index (χ2v) is 6.42. The average Bonchev–Trinajstić information content (AvgIpc) is 3.01. The molecule has 0 spiro atoms. The average molecular weight is 368 g/mol. The third kappa shape index (κ3) is 4.28. The molecule has 0 radical (unpaired) electrons. The minimum absolute atomic E-state index is 0.263. The summed E-state index contributed by atoms with van der Waals surface area (Å²) < 4.78 is 14.6. The lowest BCUT2D eigenvalue weighted by molar-refractivity contribution is 0.0941. The third-order valence-corrected chi connectivity index (χ3v) is 3.98. The number of nitrogens with one attached hydrogen (secondary N) is 1. The zero-order chi connectivity index (χ0) is 19.6. The summed E-state index contributed by atoms with van der Waals surface area (Å²) in [5.41, 5.74) is 3.31. The van der Waals surface area contributed by atoms with Crippen LogP contribution in [0.5, 0.6) is 0 Å². The Morgan fingerprint density at radius 1 is 1.19 bits per heavy atom. The van der Waals surface area contributed by atoms with Crippen molar-refractivity contribution >= 4 is 11.9 Å². The number of carbonyl (C=O) groups is 1. The Kier molecular flexibility index (Phi) is 5.16. The zero-order valence-corrected chi connectivity index (χ0v) is 15.7. The monoisotopic (exact) mass is 368 g/mol. The Morgan fingerprint density at radius 3 is 2.56 bits per heavy atom. The van der Waals surface area contributed by atoms with Crippen molar-refractivity contribution in [2.24, 2.45) is 7.05 Å². The lowest BCUT2D eigenvalue weighted by Gasteiger charge is -2.12. The van der Waals surface area contributed by atoms with Gasteiger partial charge in [-0.15, -0.1) is 0 Å². The molecule has 1 aromatic carbocycles. The summed E-state index contributed by atoms with van der Waals surface area (Å²) in [6.45, 7) is 2.16. The Balaban J connectivity index is 1.74. The van der Waals surface area contributed by atoms with Crippen LogP contribution in [0.2, 0.25) is 0 Å². The predicted octanol–water partition coefficient (Wildman–Crippen LogP) is 2.32. The molecule has 0 saturated carbocycles. The SMILES string of the molecule is Cc1cc(CNC(=O)c2cc(-c3ccc(F)cc3)nn2C)nc(N(C)C)n1. The van der Waals surface area contributed by atoms with Gasteiger partial charge in [0.1, 0.15) is 11.5 Å². The number of aryl methyl sites for hydroxylation is 2. The van der Waals surface area contributed by atoms with E-state index in [1.54, 1.807) is 25.2 Å². The molecule has 0 saturated heterocycles.